The molecule has 2 atom stereocenters. The Morgan fingerprint density at radius 1 is 1.29 bits per heavy atom. The molecule has 2 aliphatic heterocycles. The van der Waals surface area contributed by atoms with Crippen LogP contribution in [0.3, 0.4) is 0 Å². The quantitative estimate of drug-likeness (QED) is 0.801. The summed E-state index contributed by atoms with van der Waals surface area (Å²) >= 11 is 0. The first-order valence-corrected chi connectivity index (χ1v) is 8.76. The molecule has 2 aromatic rings. The van der Waals surface area contributed by atoms with E-state index in [-0.39, 0.29) is 22.2 Å². The second-order valence-corrected chi connectivity index (χ2v) is 8.25. The van der Waals surface area contributed by atoms with Gasteiger partial charge in [0.2, 0.25) is 0 Å². The number of hydrogen-bond donors (Lipinski definition) is 0. The molecule has 21 heavy (non-hydrogen) atoms. The lowest BCUT2D eigenvalue weighted by atomic mass is 9.90. The van der Waals surface area contributed by atoms with Crippen molar-refractivity contribution in [1.82, 2.24) is 9.78 Å². The normalized spacial score (nSPS) is 31.7. The van der Waals surface area contributed by atoms with Gasteiger partial charge in [0.05, 0.1) is 5.52 Å². The molecule has 2 bridgehead atoms. The number of carbonyl (C=O) groups is 1. The molecule has 0 saturated carbocycles. The highest BCUT2D eigenvalue weighted by Gasteiger charge is 2.42. The van der Waals surface area contributed by atoms with Crippen molar-refractivity contribution in [3.8, 4) is 0 Å². The van der Waals surface area contributed by atoms with Crippen LogP contribution in [-0.4, -0.2) is 30.3 Å². The Morgan fingerprint density at radius 2 is 2.00 bits per heavy atom. The van der Waals surface area contributed by atoms with Crippen molar-refractivity contribution in [1.29, 1.82) is 0 Å². The van der Waals surface area contributed by atoms with E-state index in [1.54, 1.807) is 4.68 Å². The topological polar surface area (TPSA) is 52.0 Å². The van der Waals surface area contributed by atoms with Crippen molar-refractivity contribution in [3.63, 3.8) is 0 Å². The zero-order valence-electron chi connectivity index (χ0n) is 12.0. The molecule has 0 aliphatic carbocycles. The minimum Gasteiger partial charge on any atom is -0.294 e. The van der Waals surface area contributed by atoms with Gasteiger partial charge in [0.1, 0.15) is 0 Å². The molecule has 0 amide bonds. The number of aromatic nitrogens is 2. The van der Waals surface area contributed by atoms with Crippen molar-refractivity contribution in [3.05, 3.63) is 30.0 Å². The van der Waals surface area contributed by atoms with E-state index in [9.17, 15) is 9.00 Å². The van der Waals surface area contributed by atoms with E-state index in [2.05, 4.69) is 5.10 Å². The first-order chi connectivity index (χ1) is 10.1. The molecule has 2 fully saturated rings. The number of ketones is 1. The summed E-state index contributed by atoms with van der Waals surface area (Å²) in [6, 6.07) is 5.76. The second-order valence-electron chi connectivity index (χ2n) is 6.26. The minimum absolute atomic E-state index is 0.0429. The fourth-order valence-corrected chi connectivity index (χ4v) is 5.90. The third-order valence-corrected chi connectivity index (χ3v) is 7.01. The first kappa shape index (κ1) is 13.2. The Balaban J connectivity index is 1.62. The SMILES string of the molecule is Cn1cc2ccc(C(=O)C3CC4CCC(C3)S4=O)cc2n1. The first-order valence-electron chi connectivity index (χ1n) is 7.49. The van der Waals surface area contributed by atoms with E-state index >= 15 is 0 Å². The fraction of sp³-hybridized carbons (Fsp3) is 0.500. The van der Waals surface area contributed by atoms with Crippen LogP contribution in [-0.2, 0) is 17.8 Å². The second kappa shape index (κ2) is 4.77. The Bertz CT molecular complexity index is 736. The van der Waals surface area contributed by atoms with Gasteiger partial charge in [-0.05, 0) is 31.7 Å². The Hall–Kier alpha value is -1.49. The van der Waals surface area contributed by atoms with Gasteiger partial charge in [-0.15, -0.1) is 0 Å². The Morgan fingerprint density at radius 3 is 2.71 bits per heavy atom. The molecular weight excluding hydrogens is 284 g/mol. The summed E-state index contributed by atoms with van der Waals surface area (Å²) < 4.78 is 13.8. The van der Waals surface area contributed by atoms with Crippen LogP contribution in [0.15, 0.2) is 24.4 Å². The third kappa shape index (κ3) is 2.14. The summed E-state index contributed by atoms with van der Waals surface area (Å²) in [4.78, 5) is 12.7. The monoisotopic (exact) mass is 302 g/mol. The molecule has 0 radical (unpaired) electrons. The van der Waals surface area contributed by atoms with E-state index in [4.69, 9.17) is 0 Å². The Kier molecular flexibility index (Phi) is 2.99. The largest absolute Gasteiger partial charge is 0.294 e. The fourth-order valence-electron chi connectivity index (χ4n) is 3.78. The van der Waals surface area contributed by atoms with Gasteiger partial charge in [-0.2, -0.15) is 5.10 Å². The summed E-state index contributed by atoms with van der Waals surface area (Å²) in [5.74, 6) is 0.248. The molecule has 3 heterocycles. The van der Waals surface area contributed by atoms with E-state index < -0.39 is 10.8 Å². The molecule has 110 valence electrons. The van der Waals surface area contributed by atoms with Gasteiger partial charge in [-0.25, -0.2) is 0 Å². The minimum atomic E-state index is -0.699. The third-order valence-electron chi connectivity index (χ3n) is 4.84. The molecule has 5 heteroatoms. The van der Waals surface area contributed by atoms with Gasteiger partial charge in [0.25, 0.3) is 0 Å². The molecule has 2 saturated heterocycles. The van der Waals surface area contributed by atoms with Crippen molar-refractivity contribution in [2.75, 3.05) is 0 Å². The van der Waals surface area contributed by atoms with Crippen LogP contribution >= 0.6 is 0 Å². The molecule has 1 aromatic heterocycles. The van der Waals surface area contributed by atoms with E-state index in [1.807, 2.05) is 31.4 Å². The van der Waals surface area contributed by atoms with E-state index in [1.165, 1.54) is 0 Å². The van der Waals surface area contributed by atoms with Gasteiger partial charge in [-0.1, -0.05) is 12.1 Å². The zero-order chi connectivity index (χ0) is 14.6. The van der Waals surface area contributed by atoms with Crippen molar-refractivity contribution < 1.29 is 9.00 Å². The molecular formula is C16H18N2O2S. The predicted molar refractivity (Wildman–Crippen MR) is 82.7 cm³/mol. The van der Waals surface area contributed by atoms with Crippen molar-refractivity contribution >= 4 is 27.5 Å². The van der Waals surface area contributed by atoms with Crippen molar-refractivity contribution in [2.24, 2.45) is 13.0 Å². The maximum Gasteiger partial charge on any atom is 0.166 e. The number of benzene rings is 1. The van der Waals surface area contributed by atoms with E-state index in [0.717, 1.165) is 42.1 Å². The van der Waals surface area contributed by atoms with Crippen LogP contribution in [0.25, 0.3) is 10.9 Å². The predicted octanol–water partition coefficient (Wildman–Crippen LogP) is 2.45. The Labute approximate surface area is 126 Å². The highest BCUT2D eigenvalue weighted by molar-refractivity contribution is 7.86. The molecule has 2 aliphatic rings. The van der Waals surface area contributed by atoms with Crippen LogP contribution in [0.4, 0.5) is 0 Å². The highest BCUT2D eigenvalue weighted by atomic mass is 32.2. The van der Waals surface area contributed by atoms with Crippen molar-refractivity contribution in [2.45, 2.75) is 36.2 Å². The number of fused-ring (bicyclic) bond motifs is 3. The summed E-state index contributed by atoms with van der Waals surface area (Å²) in [6.07, 6.45) is 5.60. The van der Waals surface area contributed by atoms with Gasteiger partial charge in [0.15, 0.2) is 5.78 Å². The highest BCUT2D eigenvalue weighted by Crippen LogP contribution is 2.39. The summed E-state index contributed by atoms with van der Waals surface area (Å²) in [6.45, 7) is 0. The van der Waals surface area contributed by atoms with Crippen LogP contribution in [0.1, 0.15) is 36.0 Å². The number of aryl methyl sites for hydroxylation is 1. The average Bonchev–Trinajstić information content (AvgIpc) is 2.91. The lowest BCUT2D eigenvalue weighted by Gasteiger charge is -2.26. The smallest absolute Gasteiger partial charge is 0.166 e. The number of rotatable bonds is 2. The van der Waals surface area contributed by atoms with Gasteiger partial charge >= 0.3 is 0 Å². The lowest BCUT2D eigenvalue weighted by molar-refractivity contribution is 0.0906. The van der Waals surface area contributed by atoms with E-state index in [0.29, 0.717) is 0 Å². The number of Topliss-reactive ketones (excluding diaryl/α,β-unsaturated/α-hetero) is 1. The molecule has 0 N–H and O–H groups in total. The van der Waals surface area contributed by atoms with Crippen LogP contribution in [0.2, 0.25) is 0 Å². The summed E-state index contributed by atoms with van der Waals surface area (Å²) in [7, 11) is 1.19. The summed E-state index contributed by atoms with van der Waals surface area (Å²) in [5, 5.41) is 5.92. The zero-order valence-corrected chi connectivity index (χ0v) is 12.8. The van der Waals surface area contributed by atoms with Crippen LogP contribution < -0.4 is 0 Å². The van der Waals surface area contributed by atoms with Gasteiger partial charge in [0, 0.05) is 51.4 Å². The average molecular weight is 302 g/mol. The number of hydrogen-bond acceptors (Lipinski definition) is 3. The standard InChI is InChI=1S/C16H18N2O2S/c1-18-9-11-3-2-10(8-15(11)17-18)16(19)12-6-13-4-5-14(7-12)21(13)20/h2-3,8-9,12-14H,4-7H2,1H3. The molecule has 4 nitrogen and oxygen atoms in total. The molecule has 1 aromatic carbocycles. The maximum absolute atomic E-state index is 12.7. The molecule has 0 spiro atoms. The van der Waals surface area contributed by atoms with Gasteiger partial charge < -0.3 is 0 Å². The molecule has 4 rings (SSSR count). The van der Waals surface area contributed by atoms with Crippen LogP contribution in [0.5, 0.6) is 0 Å². The van der Waals surface area contributed by atoms with Gasteiger partial charge in [-0.3, -0.25) is 13.7 Å². The van der Waals surface area contributed by atoms with Crippen LogP contribution in [0, 0.1) is 5.92 Å². The lowest BCUT2D eigenvalue weighted by Crippen LogP contribution is -2.32. The molecule has 2 unspecified atom stereocenters. The summed E-state index contributed by atoms with van der Waals surface area (Å²) in [5.41, 5.74) is 1.61. The number of nitrogens with zero attached hydrogens (tertiary/aromatic N) is 2. The number of carbonyl (C=O) groups excluding carboxylic acids is 1. The maximum atomic E-state index is 12.7.